The molecule has 2 aromatic rings. The van der Waals surface area contributed by atoms with Crippen LogP contribution in [0.5, 0.6) is 0 Å². The van der Waals surface area contributed by atoms with Crippen LogP contribution in [-0.4, -0.2) is 55.0 Å². The number of para-hydroxylation sites is 1. The van der Waals surface area contributed by atoms with Gasteiger partial charge in [0.1, 0.15) is 0 Å². The fourth-order valence-electron chi connectivity index (χ4n) is 3.99. The molecule has 1 fully saturated rings. The maximum Gasteiger partial charge on any atom is 0.253 e. The van der Waals surface area contributed by atoms with Gasteiger partial charge in [0.25, 0.3) is 5.91 Å². The van der Waals surface area contributed by atoms with E-state index in [4.69, 9.17) is 0 Å². The van der Waals surface area contributed by atoms with Crippen LogP contribution in [0.25, 0.3) is 0 Å². The molecule has 0 spiro atoms. The third kappa shape index (κ3) is 3.14. The molecule has 1 amide bonds. The van der Waals surface area contributed by atoms with Gasteiger partial charge in [-0.3, -0.25) is 9.69 Å². The number of benzene rings is 2. The number of hydrogen-bond acceptors (Lipinski definition) is 3. The zero-order valence-electron chi connectivity index (χ0n) is 15.0. The van der Waals surface area contributed by atoms with Crippen LogP contribution in [0.4, 0.5) is 5.69 Å². The van der Waals surface area contributed by atoms with Gasteiger partial charge in [-0.05, 0) is 30.7 Å². The highest BCUT2D eigenvalue weighted by Gasteiger charge is 2.33. The molecule has 2 aliphatic rings. The van der Waals surface area contributed by atoms with E-state index in [-0.39, 0.29) is 5.91 Å². The van der Waals surface area contributed by atoms with Gasteiger partial charge < -0.3 is 9.80 Å². The molecule has 4 rings (SSSR count). The Morgan fingerprint density at radius 3 is 2.56 bits per heavy atom. The van der Waals surface area contributed by atoms with Crippen LogP contribution in [0.1, 0.15) is 21.5 Å². The van der Waals surface area contributed by atoms with Crippen molar-refractivity contribution in [1.29, 1.82) is 0 Å². The van der Waals surface area contributed by atoms with Gasteiger partial charge in [-0.2, -0.15) is 0 Å². The third-order valence-corrected chi connectivity index (χ3v) is 5.45. The molecule has 0 N–H and O–H groups in total. The fraction of sp³-hybridized carbons (Fsp3) is 0.381. The molecule has 1 saturated heterocycles. The summed E-state index contributed by atoms with van der Waals surface area (Å²) >= 11 is 0. The topological polar surface area (TPSA) is 26.8 Å². The molecule has 2 aliphatic heterocycles. The van der Waals surface area contributed by atoms with Crippen molar-refractivity contribution in [2.45, 2.75) is 19.5 Å². The number of aryl methyl sites for hydroxylation is 1. The molecule has 4 nitrogen and oxygen atoms in total. The smallest absolute Gasteiger partial charge is 0.253 e. The van der Waals surface area contributed by atoms with Crippen molar-refractivity contribution in [3.8, 4) is 0 Å². The highest BCUT2D eigenvalue weighted by Crippen LogP contribution is 2.28. The quantitative estimate of drug-likeness (QED) is 0.802. The Bertz CT molecular complexity index is 771. The lowest BCUT2D eigenvalue weighted by Crippen LogP contribution is -2.56. The van der Waals surface area contributed by atoms with Gasteiger partial charge in [-0.1, -0.05) is 35.9 Å². The molecule has 0 saturated carbocycles. The predicted molar refractivity (Wildman–Crippen MR) is 101 cm³/mol. The summed E-state index contributed by atoms with van der Waals surface area (Å²) in [6.45, 7) is 6.50. The van der Waals surface area contributed by atoms with Crippen molar-refractivity contribution in [3.63, 3.8) is 0 Å². The van der Waals surface area contributed by atoms with Crippen LogP contribution in [0.3, 0.4) is 0 Å². The number of carbonyl (C=O) groups is 1. The molecule has 2 aromatic carbocycles. The molecule has 0 aliphatic carbocycles. The van der Waals surface area contributed by atoms with Crippen molar-refractivity contribution in [2.75, 3.05) is 38.1 Å². The van der Waals surface area contributed by atoms with E-state index < -0.39 is 0 Å². The van der Waals surface area contributed by atoms with Gasteiger partial charge in [0.15, 0.2) is 0 Å². The van der Waals surface area contributed by atoms with E-state index in [1.165, 1.54) is 16.8 Å². The van der Waals surface area contributed by atoms with E-state index in [1.807, 2.05) is 36.1 Å². The minimum atomic E-state index is 0.157. The summed E-state index contributed by atoms with van der Waals surface area (Å²) in [6, 6.07) is 16.9. The highest BCUT2D eigenvalue weighted by molar-refractivity contribution is 5.94. The van der Waals surface area contributed by atoms with Crippen molar-refractivity contribution >= 4 is 11.6 Å². The van der Waals surface area contributed by atoms with E-state index >= 15 is 0 Å². The Hall–Kier alpha value is -2.33. The minimum absolute atomic E-state index is 0.157. The van der Waals surface area contributed by atoms with Crippen LogP contribution in [-0.2, 0) is 6.54 Å². The molecule has 4 heteroatoms. The zero-order valence-corrected chi connectivity index (χ0v) is 15.0. The Labute approximate surface area is 149 Å². The Morgan fingerprint density at radius 2 is 1.76 bits per heavy atom. The molecular formula is C21H25N3O. The summed E-state index contributed by atoms with van der Waals surface area (Å²) in [6.07, 6.45) is 0. The average molecular weight is 335 g/mol. The summed E-state index contributed by atoms with van der Waals surface area (Å²) in [5.74, 6) is 0.157. The van der Waals surface area contributed by atoms with Crippen LogP contribution in [0.15, 0.2) is 48.5 Å². The number of rotatable bonds is 1. The normalized spacial score (nSPS) is 20.6. The van der Waals surface area contributed by atoms with E-state index in [0.29, 0.717) is 6.04 Å². The maximum absolute atomic E-state index is 12.9. The SMILES string of the molecule is Cc1ccc(C(=O)N2CCN3Cc4ccccc4N(C)CC3C2)cc1. The summed E-state index contributed by atoms with van der Waals surface area (Å²) in [5.41, 5.74) is 4.67. The fourth-order valence-corrected chi connectivity index (χ4v) is 3.99. The lowest BCUT2D eigenvalue weighted by molar-refractivity contribution is 0.0485. The van der Waals surface area contributed by atoms with E-state index in [2.05, 4.69) is 41.1 Å². The maximum atomic E-state index is 12.9. The van der Waals surface area contributed by atoms with Crippen molar-refractivity contribution in [1.82, 2.24) is 9.80 Å². The molecule has 1 atom stereocenters. The average Bonchev–Trinajstić information content (AvgIpc) is 2.77. The molecule has 0 bridgehead atoms. The van der Waals surface area contributed by atoms with Crippen LogP contribution in [0.2, 0.25) is 0 Å². The largest absolute Gasteiger partial charge is 0.373 e. The van der Waals surface area contributed by atoms with Gasteiger partial charge in [0, 0.05) is 57.1 Å². The standard InChI is InChI=1S/C21H25N3O/c1-16-7-9-17(10-8-16)21(25)24-12-11-23-13-18-5-3-4-6-20(18)22(2)14-19(23)15-24/h3-10,19H,11-15H2,1-2H3. The number of piperazine rings is 1. The summed E-state index contributed by atoms with van der Waals surface area (Å²) in [4.78, 5) is 19.8. The van der Waals surface area contributed by atoms with Gasteiger partial charge >= 0.3 is 0 Å². The molecule has 130 valence electrons. The predicted octanol–water partition coefficient (Wildman–Crippen LogP) is 2.77. The first-order chi connectivity index (χ1) is 12.1. The molecule has 2 heterocycles. The lowest BCUT2D eigenvalue weighted by atomic mass is 10.1. The van der Waals surface area contributed by atoms with Gasteiger partial charge in [-0.25, -0.2) is 0 Å². The van der Waals surface area contributed by atoms with E-state index in [9.17, 15) is 4.79 Å². The second-order valence-corrected chi connectivity index (χ2v) is 7.25. The number of fused-ring (bicyclic) bond motifs is 2. The van der Waals surface area contributed by atoms with Crippen LogP contribution >= 0.6 is 0 Å². The monoisotopic (exact) mass is 335 g/mol. The molecular weight excluding hydrogens is 310 g/mol. The minimum Gasteiger partial charge on any atom is -0.373 e. The first-order valence-corrected chi connectivity index (χ1v) is 9.01. The number of amides is 1. The summed E-state index contributed by atoms with van der Waals surface area (Å²) in [7, 11) is 2.16. The van der Waals surface area contributed by atoms with Crippen molar-refractivity contribution in [3.05, 3.63) is 65.2 Å². The number of hydrogen-bond donors (Lipinski definition) is 0. The Kier molecular flexibility index (Phi) is 4.22. The van der Waals surface area contributed by atoms with Crippen LogP contribution < -0.4 is 4.90 Å². The lowest BCUT2D eigenvalue weighted by Gasteiger charge is -2.41. The second kappa shape index (κ2) is 6.52. The zero-order chi connectivity index (χ0) is 17.4. The number of carbonyl (C=O) groups excluding carboxylic acids is 1. The highest BCUT2D eigenvalue weighted by atomic mass is 16.2. The summed E-state index contributed by atoms with van der Waals surface area (Å²) < 4.78 is 0. The first kappa shape index (κ1) is 16.2. The van der Waals surface area contributed by atoms with Gasteiger partial charge in [0.2, 0.25) is 0 Å². The van der Waals surface area contributed by atoms with Gasteiger partial charge in [-0.15, -0.1) is 0 Å². The van der Waals surface area contributed by atoms with E-state index in [0.717, 1.165) is 38.3 Å². The molecule has 1 unspecified atom stereocenters. The second-order valence-electron chi connectivity index (χ2n) is 7.25. The van der Waals surface area contributed by atoms with Gasteiger partial charge in [0.05, 0.1) is 0 Å². The Balaban J connectivity index is 1.52. The number of anilines is 1. The van der Waals surface area contributed by atoms with E-state index in [1.54, 1.807) is 0 Å². The van der Waals surface area contributed by atoms with Crippen molar-refractivity contribution in [2.24, 2.45) is 0 Å². The van der Waals surface area contributed by atoms with Crippen molar-refractivity contribution < 1.29 is 4.79 Å². The molecule has 0 radical (unpaired) electrons. The number of likely N-dealkylation sites (N-methyl/N-ethyl adjacent to an activating group) is 1. The van der Waals surface area contributed by atoms with Crippen LogP contribution in [0, 0.1) is 6.92 Å². The first-order valence-electron chi connectivity index (χ1n) is 9.01. The summed E-state index contributed by atoms with van der Waals surface area (Å²) in [5, 5.41) is 0. The Morgan fingerprint density at radius 1 is 1.00 bits per heavy atom. The number of nitrogens with zero attached hydrogens (tertiary/aromatic N) is 3. The molecule has 25 heavy (non-hydrogen) atoms. The third-order valence-electron chi connectivity index (χ3n) is 5.45. The molecule has 0 aromatic heterocycles.